The summed E-state index contributed by atoms with van der Waals surface area (Å²) in [6.45, 7) is 7.24. The maximum Gasteiger partial charge on any atom is 0.160 e. The molecule has 2 aliphatic rings. The van der Waals surface area contributed by atoms with E-state index in [1.54, 1.807) is 7.11 Å². The van der Waals surface area contributed by atoms with Crippen molar-refractivity contribution >= 4 is 0 Å². The molecule has 2 bridgehead atoms. The number of benzene rings is 1. The Kier molecular flexibility index (Phi) is 2.81. The van der Waals surface area contributed by atoms with Gasteiger partial charge in [0.1, 0.15) is 0 Å². The first-order chi connectivity index (χ1) is 8.95. The Hall–Kier alpha value is -1.18. The van der Waals surface area contributed by atoms with Crippen molar-refractivity contribution < 1.29 is 9.84 Å². The first-order valence-corrected chi connectivity index (χ1v) is 7.32. The smallest absolute Gasteiger partial charge is 0.160 e. The van der Waals surface area contributed by atoms with Crippen molar-refractivity contribution in [1.29, 1.82) is 0 Å². The molecule has 1 aromatic carbocycles. The predicted octanol–water partition coefficient (Wildman–Crippen LogP) is 4.19. The molecule has 0 saturated heterocycles. The van der Waals surface area contributed by atoms with Crippen LogP contribution >= 0.6 is 0 Å². The van der Waals surface area contributed by atoms with E-state index in [2.05, 4.69) is 26.8 Å². The van der Waals surface area contributed by atoms with Gasteiger partial charge in [-0.25, -0.2) is 0 Å². The Morgan fingerprint density at radius 1 is 1.26 bits per heavy atom. The van der Waals surface area contributed by atoms with Gasteiger partial charge in [-0.3, -0.25) is 0 Å². The molecule has 1 aromatic rings. The lowest BCUT2D eigenvalue weighted by molar-refractivity contribution is 0.118. The minimum absolute atomic E-state index is 0.272. The number of methoxy groups -OCH3 is 1. The highest BCUT2D eigenvalue weighted by Gasteiger charge is 2.55. The van der Waals surface area contributed by atoms with Gasteiger partial charge in [-0.1, -0.05) is 26.8 Å². The average molecular weight is 260 g/mol. The predicted molar refractivity (Wildman–Crippen MR) is 76.6 cm³/mol. The zero-order valence-electron chi connectivity index (χ0n) is 12.3. The molecular weight excluding hydrogens is 236 g/mol. The molecule has 4 atom stereocenters. The van der Waals surface area contributed by atoms with Crippen LogP contribution in [0.3, 0.4) is 0 Å². The van der Waals surface area contributed by atoms with E-state index >= 15 is 0 Å². The van der Waals surface area contributed by atoms with Gasteiger partial charge < -0.3 is 9.84 Å². The van der Waals surface area contributed by atoms with Crippen LogP contribution in [0, 0.1) is 23.2 Å². The Balaban J connectivity index is 1.91. The molecule has 2 nitrogen and oxygen atoms in total. The summed E-state index contributed by atoms with van der Waals surface area (Å²) in [6, 6.07) is 5.93. The van der Waals surface area contributed by atoms with Crippen LogP contribution in [-0.4, -0.2) is 12.2 Å². The Morgan fingerprint density at radius 3 is 2.53 bits per heavy atom. The maximum atomic E-state index is 9.98. The number of ether oxygens (including phenoxy) is 1. The minimum Gasteiger partial charge on any atom is -0.504 e. The second kappa shape index (κ2) is 4.16. The van der Waals surface area contributed by atoms with Crippen molar-refractivity contribution in [1.82, 2.24) is 0 Å². The lowest BCUT2D eigenvalue weighted by Crippen LogP contribution is -2.32. The molecule has 2 fully saturated rings. The fraction of sp³-hybridized carbons (Fsp3) is 0.647. The SMILES string of the molecule is COc1ccc([C@H]2C[C@H]3C[C@H]2C(C)(C)[C@H]3C)cc1O. The fourth-order valence-corrected chi connectivity index (χ4v) is 4.56. The third-order valence-electron chi connectivity index (χ3n) is 6.07. The number of hydrogen-bond donors (Lipinski definition) is 1. The van der Waals surface area contributed by atoms with E-state index in [9.17, 15) is 5.11 Å². The normalized spacial score (nSPS) is 35.6. The number of hydrogen-bond acceptors (Lipinski definition) is 2. The van der Waals surface area contributed by atoms with Gasteiger partial charge in [-0.2, -0.15) is 0 Å². The summed E-state index contributed by atoms with van der Waals surface area (Å²) in [4.78, 5) is 0. The zero-order chi connectivity index (χ0) is 13.8. The summed E-state index contributed by atoms with van der Waals surface area (Å²) in [5, 5.41) is 9.98. The third kappa shape index (κ3) is 1.76. The second-order valence-electron chi connectivity index (χ2n) is 6.99. The van der Waals surface area contributed by atoms with E-state index in [1.165, 1.54) is 18.4 Å². The van der Waals surface area contributed by atoms with Gasteiger partial charge in [0.15, 0.2) is 11.5 Å². The van der Waals surface area contributed by atoms with Gasteiger partial charge in [0.05, 0.1) is 7.11 Å². The molecule has 0 amide bonds. The molecule has 0 spiro atoms. The molecule has 104 valence electrons. The van der Waals surface area contributed by atoms with Crippen molar-refractivity contribution in [3.05, 3.63) is 23.8 Å². The molecule has 1 N–H and O–H groups in total. The minimum atomic E-state index is 0.272. The highest BCUT2D eigenvalue weighted by atomic mass is 16.5. The molecule has 2 saturated carbocycles. The molecule has 0 radical (unpaired) electrons. The highest BCUT2D eigenvalue weighted by molar-refractivity contribution is 5.43. The number of fused-ring (bicyclic) bond motifs is 2. The van der Waals surface area contributed by atoms with Gasteiger partial charge in [0.2, 0.25) is 0 Å². The third-order valence-corrected chi connectivity index (χ3v) is 6.07. The van der Waals surface area contributed by atoms with Gasteiger partial charge in [-0.15, -0.1) is 0 Å². The highest BCUT2D eigenvalue weighted by Crippen LogP contribution is 2.64. The van der Waals surface area contributed by atoms with Gasteiger partial charge in [0.25, 0.3) is 0 Å². The summed E-state index contributed by atoms with van der Waals surface area (Å²) >= 11 is 0. The van der Waals surface area contributed by atoms with Crippen molar-refractivity contribution in [3.8, 4) is 11.5 Å². The zero-order valence-corrected chi connectivity index (χ0v) is 12.3. The van der Waals surface area contributed by atoms with Gasteiger partial charge >= 0.3 is 0 Å². The van der Waals surface area contributed by atoms with E-state index in [1.807, 2.05) is 12.1 Å². The number of aromatic hydroxyl groups is 1. The molecule has 2 aliphatic carbocycles. The lowest BCUT2D eigenvalue weighted by atomic mass is 9.64. The molecule has 0 heterocycles. The van der Waals surface area contributed by atoms with Gasteiger partial charge in [-0.05, 0) is 59.6 Å². The average Bonchev–Trinajstić information content (AvgIpc) is 2.90. The number of phenols is 1. The van der Waals surface area contributed by atoms with E-state index in [0.717, 1.165) is 17.8 Å². The summed E-state index contributed by atoms with van der Waals surface area (Å²) in [7, 11) is 1.59. The van der Waals surface area contributed by atoms with Crippen LogP contribution in [0.4, 0.5) is 0 Å². The van der Waals surface area contributed by atoms with Crippen molar-refractivity contribution in [3.63, 3.8) is 0 Å². The van der Waals surface area contributed by atoms with Crippen LogP contribution in [0.2, 0.25) is 0 Å². The van der Waals surface area contributed by atoms with Crippen LogP contribution in [0.25, 0.3) is 0 Å². The lowest BCUT2D eigenvalue weighted by Gasteiger charge is -2.41. The summed E-state index contributed by atoms with van der Waals surface area (Å²) in [6.07, 6.45) is 2.63. The standard InChI is InChI=1S/C17H24O2/c1-10-12-7-13(14(8-12)17(10,2)3)11-5-6-16(19-4)15(18)9-11/h5-6,9-10,12-14,18H,7-8H2,1-4H3/t10-,12-,13+,14+/m0/s1. The Labute approximate surface area is 115 Å². The van der Waals surface area contributed by atoms with E-state index < -0.39 is 0 Å². The quantitative estimate of drug-likeness (QED) is 0.864. The molecule has 0 aromatic heterocycles. The molecule has 2 heteroatoms. The molecule has 19 heavy (non-hydrogen) atoms. The van der Waals surface area contributed by atoms with Crippen LogP contribution in [0.1, 0.15) is 45.1 Å². The molecular formula is C17H24O2. The molecule has 0 aliphatic heterocycles. The summed E-state index contributed by atoms with van der Waals surface area (Å²) in [5.41, 5.74) is 1.70. The van der Waals surface area contributed by atoms with Crippen molar-refractivity contribution in [2.24, 2.45) is 23.2 Å². The molecule has 0 unspecified atom stereocenters. The first-order valence-electron chi connectivity index (χ1n) is 7.32. The molecule has 3 rings (SSSR count). The Bertz CT molecular complexity index is 492. The summed E-state index contributed by atoms with van der Waals surface area (Å²) in [5.74, 6) is 3.87. The number of phenolic OH excluding ortho intramolecular Hbond substituents is 1. The monoisotopic (exact) mass is 260 g/mol. The van der Waals surface area contributed by atoms with Crippen LogP contribution in [-0.2, 0) is 0 Å². The van der Waals surface area contributed by atoms with Crippen LogP contribution < -0.4 is 4.74 Å². The van der Waals surface area contributed by atoms with Crippen LogP contribution in [0.15, 0.2) is 18.2 Å². The Morgan fingerprint density at radius 2 is 2.00 bits per heavy atom. The first kappa shape index (κ1) is 12.8. The van der Waals surface area contributed by atoms with Crippen molar-refractivity contribution in [2.75, 3.05) is 7.11 Å². The fourth-order valence-electron chi connectivity index (χ4n) is 4.56. The number of rotatable bonds is 2. The van der Waals surface area contributed by atoms with Crippen molar-refractivity contribution in [2.45, 2.75) is 39.5 Å². The van der Waals surface area contributed by atoms with E-state index in [-0.39, 0.29) is 5.75 Å². The van der Waals surface area contributed by atoms with Crippen LogP contribution in [0.5, 0.6) is 11.5 Å². The maximum absolute atomic E-state index is 9.98. The van der Waals surface area contributed by atoms with E-state index in [4.69, 9.17) is 4.74 Å². The van der Waals surface area contributed by atoms with Gasteiger partial charge in [0, 0.05) is 0 Å². The summed E-state index contributed by atoms with van der Waals surface area (Å²) < 4.78 is 5.13. The second-order valence-corrected chi connectivity index (χ2v) is 6.99. The largest absolute Gasteiger partial charge is 0.504 e. The van der Waals surface area contributed by atoms with E-state index in [0.29, 0.717) is 17.1 Å². The topological polar surface area (TPSA) is 29.5 Å².